The first-order valence-electron chi connectivity index (χ1n) is 8.13. The number of carbonyl (C=O) groups is 2. The first kappa shape index (κ1) is 18.3. The predicted molar refractivity (Wildman–Crippen MR) is 96.9 cm³/mol. The molecular formula is C19H22N2O4. The van der Waals surface area contributed by atoms with Crippen molar-refractivity contribution in [2.45, 2.75) is 32.1 Å². The average molecular weight is 342 g/mol. The van der Waals surface area contributed by atoms with Crippen LogP contribution in [0, 0.1) is 0 Å². The van der Waals surface area contributed by atoms with Crippen molar-refractivity contribution in [1.82, 2.24) is 0 Å². The van der Waals surface area contributed by atoms with Crippen molar-refractivity contribution in [3.63, 3.8) is 0 Å². The van der Waals surface area contributed by atoms with Gasteiger partial charge in [0.1, 0.15) is 0 Å². The van der Waals surface area contributed by atoms with Gasteiger partial charge < -0.3 is 21.7 Å². The summed E-state index contributed by atoms with van der Waals surface area (Å²) in [6.07, 6.45) is 4.06. The van der Waals surface area contributed by atoms with Gasteiger partial charge in [0, 0.05) is 11.4 Å². The van der Waals surface area contributed by atoms with E-state index in [0.717, 1.165) is 30.4 Å². The van der Waals surface area contributed by atoms with Crippen LogP contribution in [-0.4, -0.2) is 22.2 Å². The molecule has 132 valence electrons. The number of rotatable bonds is 8. The molecule has 0 aliphatic heterocycles. The van der Waals surface area contributed by atoms with Crippen LogP contribution in [-0.2, 0) is 12.8 Å². The number of hydrogen-bond acceptors (Lipinski definition) is 4. The molecular weight excluding hydrogens is 320 g/mol. The summed E-state index contributed by atoms with van der Waals surface area (Å²) in [7, 11) is 0. The topological polar surface area (TPSA) is 127 Å². The number of anilines is 2. The maximum atomic E-state index is 11.1. The third-order valence-electron chi connectivity index (χ3n) is 4.25. The fraction of sp³-hybridized carbons (Fsp3) is 0.263. The van der Waals surface area contributed by atoms with Gasteiger partial charge in [-0.3, -0.25) is 0 Å². The highest BCUT2D eigenvalue weighted by Crippen LogP contribution is 2.22. The second-order valence-corrected chi connectivity index (χ2v) is 5.93. The number of nitrogens with two attached hydrogens (primary N) is 2. The number of aryl methyl sites for hydroxylation is 2. The zero-order valence-electron chi connectivity index (χ0n) is 13.9. The minimum absolute atomic E-state index is 0.135. The molecule has 2 aromatic carbocycles. The second-order valence-electron chi connectivity index (χ2n) is 5.93. The molecule has 0 bridgehead atoms. The summed E-state index contributed by atoms with van der Waals surface area (Å²) in [6, 6.07) is 10.1. The number of hydrogen-bond donors (Lipinski definition) is 4. The Balaban J connectivity index is 1.87. The second kappa shape index (κ2) is 8.19. The molecule has 0 spiro atoms. The molecule has 0 aliphatic carbocycles. The maximum Gasteiger partial charge on any atom is 0.337 e. The molecule has 2 rings (SSSR count). The van der Waals surface area contributed by atoms with E-state index in [-0.39, 0.29) is 11.1 Å². The molecule has 0 heterocycles. The molecule has 0 radical (unpaired) electrons. The summed E-state index contributed by atoms with van der Waals surface area (Å²) in [5, 5.41) is 18.2. The summed E-state index contributed by atoms with van der Waals surface area (Å²) >= 11 is 0. The van der Waals surface area contributed by atoms with Gasteiger partial charge in [-0.2, -0.15) is 0 Å². The lowest BCUT2D eigenvalue weighted by Gasteiger charge is -2.10. The van der Waals surface area contributed by atoms with Crippen LogP contribution in [0.4, 0.5) is 11.4 Å². The number of nitrogen functional groups attached to an aromatic ring is 2. The highest BCUT2D eigenvalue weighted by Gasteiger charge is 2.12. The van der Waals surface area contributed by atoms with E-state index >= 15 is 0 Å². The Morgan fingerprint density at radius 1 is 0.720 bits per heavy atom. The number of aromatic carboxylic acids is 2. The number of carboxylic acids is 2. The first-order chi connectivity index (χ1) is 11.9. The van der Waals surface area contributed by atoms with Gasteiger partial charge in [0.25, 0.3) is 0 Å². The minimum Gasteiger partial charge on any atom is -0.478 e. The summed E-state index contributed by atoms with van der Waals surface area (Å²) in [6.45, 7) is 0. The molecule has 0 atom stereocenters. The van der Waals surface area contributed by atoms with Crippen LogP contribution in [0.5, 0.6) is 0 Å². The molecule has 2 aromatic rings. The highest BCUT2D eigenvalue weighted by atomic mass is 16.4. The monoisotopic (exact) mass is 342 g/mol. The van der Waals surface area contributed by atoms with E-state index in [1.165, 1.54) is 12.1 Å². The molecule has 6 N–H and O–H groups in total. The quantitative estimate of drug-likeness (QED) is 0.431. The molecule has 6 nitrogen and oxygen atoms in total. The fourth-order valence-corrected chi connectivity index (χ4v) is 2.84. The van der Waals surface area contributed by atoms with Gasteiger partial charge in [-0.05, 0) is 48.9 Å². The molecule has 0 saturated heterocycles. The number of carboxylic acid groups (broad SMARTS) is 2. The molecule has 0 unspecified atom stereocenters. The minimum atomic E-state index is -1.02. The van der Waals surface area contributed by atoms with Crippen molar-refractivity contribution in [3.05, 3.63) is 58.7 Å². The van der Waals surface area contributed by atoms with Crippen molar-refractivity contribution in [1.29, 1.82) is 0 Å². The van der Waals surface area contributed by atoms with E-state index in [1.54, 1.807) is 12.1 Å². The van der Waals surface area contributed by atoms with Gasteiger partial charge >= 0.3 is 11.9 Å². The standard InChI is InChI=1S/C19H22N2O4/c20-16-12(8-4-10-14(16)18(22)23)6-2-1-3-7-13-9-5-11-15(17(13)21)19(24)25/h4-5,8-11H,1-3,6-7,20-21H2,(H,22,23)(H,24,25). The normalized spacial score (nSPS) is 10.6. The Bertz CT molecular complexity index is 721. The number of benzene rings is 2. The van der Waals surface area contributed by atoms with Crippen LogP contribution in [0.25, 0.3) is 0 Å². The van der Waals surface area contributed by atoms with E-state index in [1.807, 2.05) is 12.1 Å². The Hall–Kier alpha value is -3.02. The van der Waals surface area contributed by atoms with Crippen molar-refractivity contribution in [2.75, 3.05) is 11.5 Å². The van der Waals surface area contributed by atoms with Gasteiger partial charge in [0.15, 0.2) is 0 Å². The zero-order valence-corrected chi connectivity index (χ0v) is 13.9. The largest absolute Gasteiger partial charge is 0.478 e. The molecule has 25 heavy (non-hydrogen) atoms. The van der Waals surface area contributed by atoms with E-state index in [0.29, 0.717) is 24.2 Å². The van der Waals surface area contributed by atoms with Gasteiger partial charge in [-0.15, -0.1) is 0 Å². The summed E-state index contributed by atoms with van der Waals surface area (Å²) in [4.78, 5) is 22.2. The Morgan fingerprint density at radius 3 is 1.48 bits per heavy atom. The third kappa shape index (κ3) is 4.50. The van der Waals surface area contributed by atoms with Crippen molar-refractivity contribution >= 4 is 23.3 Å². The van der Waals surface area contributed by atoms with Crippen LogP contribution < -0.4 is 11.5 Å². The fourth-order valence-electron chi connectivity index (χ4n) is 2.84. The summed E-state index contributed by atoms with van der Waals surface area (Å²) in [5.74, 6) is -2.04. The van der Waals surface area contributed by atoms with Crippen LogP contribution >= 0.6 is 0 Å². The summed E-state index contributed by atoms with van der Waals surface area (Å²) in [5.41, 5.74) is 14.4. The molecule has 0 amide bonds. The lowest BCUT2D eigenvalue weighted by Crippen LogP contribution is -2.06. The molecule has 0 fully saturated rings. The lowest BCUT2D eigenvalue weighted by molar-refractivity contribution is 0.0687. The zero-order chi connectivity index (χ0) is 18.4. The Kier molecular flexibility index (Phi) is 6.00. The van der Waals surface area contributed by atoms with E-state index < -0.39 is 11.9 Å². The first-order valence-corrected chi connectivity index (χ1v) is 8.13. The average Bonchev–Trinajstić information content (AvgIpc) is 2.56. The maximum absolute atomic E-state index is 11.1. The summed E-state index contributed by atoms with van der Waals surface area (Å²) < 4.78 is 0. The molecule has 6 heteroatoms. The van der Waals surface area contributed by atoms with Crippen molar-refractivity contribution < 1.29 is 19.8 Å². The van der Waals surface area contributed by atoms with E-state index in [2.05, 4.69) is 0 Å². The lowest BCUT2D eigenvalue weighted by atomic mass is 9.99. The van der Waals surface area contributed by atoms with Crippen LogP contribution in [0.1, 0.15) is 51.1 Å². The highest BCUT2D eigenvalue weighted by molar-refractivity contribution is 5.94. The smallest absolute Gasteiger partial charge is 0.337 e. The van der Waals surface area contributed by atoms with Gasteiger partial charge in [-0.1, -0.05) is 30.7 Å². The van der Waals surface area contributed by atoms with Crippen LogP contribution in [0.15, 0.2) is 36.4 Å². The Morgan fingerprint density at radius 2 is 1.12 bits per heavy atom. The number of para-hydroxylation sites is 2. The molecule has 0 aromatic heterocycles. The van der Waals surface area contributed by atoms with Gasteiger partial charge in [0.2, 0.25) is 0 Å². The van der Waals surface area contributed by atoms with Gasteiger partial charge in [0.05, 0.1) is 11.1 Å². The third-order valence-corrected chi connectivity index (χ3v) is 4.25. The van der Waals surface area contributed by atoms with Crippen molar-refractivity contribution in [2.24, 2.45) is 0 Å². The van der Waals surface area contributed by atoms with E-state index in [4.69, 9.17) is 21.7 Å². The SMILES string of the molecule is Nc1c(CCCCCc2cccc(C(=O)O)c2N)cccc1C(=O)O. The van der Waals surface area contributed by atoms with Crippen LogP contribution in [0.3, 0.4) is 0 Å². The van der Waals surface area contributed by atoms with Gasteiger partial charge in [-0.25, -0.2) is 9.59 Å². The molecule has 0 saturated carbocycles. The van der Waals surface area contributed by atoms with Crippen LogP contribution in [0.2, 0.25) is 0 Å². The molecule has 0 aliphatic rings. The Labute approximate surface area is 146 Å². The number of unbranched alkanes of at least 4 members (excludes halogenated alkanes) is 2. The van der Waals surface area contributed by atoms with E-state index in [9.17, 15) is 9.59 Å². The predicted octanol–water partition coefficient (Wildman–Crippen LogP) is 3.20. The van der Waals surface area contributed by atoms with Crippen molar-refractivity contribution in [3.8, 4) is 0 Å².